The first kappa shape index (κ1) is 18.4. The Morgan fingerprint density at radius 1 is 0.889 bits per heavy atom. The van der Waals surface area contributed by atoms with E-state index in [1.165, 1.54) is 10.8 Å². The lowest BCUT2D eigenvalue weighted by Crippen LogP contribution is -2.44. The van der Waals surface area contributed by atoms with Crippen LogP contribution in [0.25, 0.3) is 10.8 Å². The van der Waals surface area contributed by atoms with Gasteiger partial charge in [0, 0.05) is 37.0 Å². The van der Waals surface area contributed by atoms with Crippen molar-refractivity contribution in [1.29, 1.82) is 0 Å². The van der Waals surface area contributed by atoms with Crippen molar-refractivity contribution < 1.29 is 9.59 Å². The number of piperidine rings is 1. The van der Waals surface area contributed by atoms with Gasteiger partial charge < -0.3 is 9.80 Å². The molecule has 0 unspecified atom stereocenters. The molecule has 2 aromatic rings. The van der Waals surface area contributed by atoms with Crippen LogP contribution in [0.3, 0.4) is 0 Å². The predicted molar refractivity (Wildman–Crippen MR) is 110 cm³/mol. The van der Waals surface area contributed by atoms with Gasteiger partial charge in [0.2, 0.25) is 11.8 Å². The molecule has 0 aliphatic carbocycles. The van der Waals surface area contributed by atoms with Crippen molar-refractivity contribution in [2.24, 2.45) is 5.92 Å². The molecule has 5 heteroatoms. The molecule has 2 saturated heterocycles. The standard InChI is InChI=1S/C22H26N2O2S/c25-21(16-27-20-8-7-17-5-1-2-6-19(17)15-20)23-13-9-18(10-14-23)22(26)24-11-3-4-12-24/h1-2,5-8,15,18H,3-4,9-14,16H2. The minimum Gasteiger partial charge on any atom is -0.342 e. The number of carbonyl (C=O) groups excluding carboxylic acids is 2. The lowest BCUT2D eigenvalue weighted by molar-refractivity contribution is -0.139. The second-order valence-corrected chi connectivity index (χ2v) is 8.53. The highest BCUT2D eigenvalue weighted by Gasteiger charge is 2.31. The fraction of sp³-hybridized carbons (Fsp3) is 0.455. The largest absolute Gasteiger partial charge is 0.342 e. The summed E-state index contributed by atoms with van der Waals surface area (Å²) in [4.78, 5) is 30.2. The summed E-state index contributed by atoms with van der Waals surface area (Å²) in [5.74, 6) is 1.06. The van der Waals surface area contributed by atoms with Crippen molar-refractivity contribution in [2.75, 3.05) is 31.9 Å². The summed E-state index contributed by atoms with van der Waals surface area (Å²) in [6.07, 6.45) is 3.88. The molecule has 0 spiro atoms. The minimum atomic E-state index is 0.111. The van der Waals surface area contributed by atoms with Gasteiger partial charge in [-0.05, 0) is 48.6 Å². The SMILES string of the molecule is O=C(CSc1ccc2ccccc2c1)N1CCC(C(=O)N2CCCC2)CC1. The lowest BCUT2D eigenvalue weighted by Gasteiger charge is -2.33. The summed E-state index contributed by atoms with van der Waals surface area (Å²) >= 11 is 1.60. The van der Waals surface area contributed by atoms with Gasteiger partial charge in [-0.25, -0.2) is 0 Å². The Bertz CT molecular complexity index is 824. The molecule has 0 bridgehead atoms. The van der Waals surface area contributed by atoms with E-state index in [-0.39, 0.29) is 11.8 Å². The smallest absolute Gasteiger partial charge is 0.232 e. The molecule has 142 valence electrons. The summed E-state index contributed by atoms with van der Waals surface area (Å²) in [5, 5.41) is 2.43. The van der Waals surface area contributed by atoms with Crippen LogP contribution in [0.5, 0.6) is 0 Å². The van der Waals surface area contributed by atoms with E-state index < -0.39 is 0 Å². The van der Waals surface area contributed by atoms with Gasteiger partial charge in [0.25, 0.3) is 0 Å². The van der Waals surface area contributed by atoms with E-state index in [9.17, 15) is 9.59 Å². The first-order valence-electron chi connectivity index (χ1n) is 9.89. The van der Waals surface area contributed by atoms with Crippen LogP contribution < -0.4 is 0 Å². The zero-order chi connectivity index (χ0) is 18.6. The van der Waals surface area contributed by atoms with Crippen LogP contribution in [-0.2, 0) is 9.59 Å². The summed E-state index contributed by atoms with van der Waals surface area (Å²) in [5.41, 5.74) is 0. The second kappa shape index (κ2) is 8.34. The van der Waals surface area contributed by atoms with Crippen molar-refractivity contribution in [3.63, 3.8) is 0 Å². The molecule has 0 N–H and O–H groups in total. The molecule has 0 atom stereocenters. The molecular weight excluding hydrogens is 356 g/mol. The monoisotopic (exact) mass is 382 g/mol. The van der Waals surface area contributed by atoms with Crippen LogP contribution in [0.4, 0.5) is 0 Å². The summed E-state index contributed by atoms with van der Waals surface area (Å²) in [6.45, 7) is 3.25. The molecule has 4 nitrogen and oxygen atoms in total. The van der Waals surface area contributed by atoms with Crippen LogP contribution in [0.2, 0.25) is 0 Å². The maximum Gasteiger partial charge on any atom is 0.232 e. The number of amides is 2. The first-order valence-corrected chi connectivity index (χ1v) is 10.9. The van der Waals surface area contributed by atoms with Crippen molar-refractivity contribution in [3.05, 3.63) is 42.5 Å². The van der Waals surface area contributed by atoms with Gasteiger partial charge in [-0.2, -0.15) is 0 Å². The summed E-state index contributed by atoms with van der Waals surface area (Å²) < 4.78 is 0. The highest BCUT2D eigenvalue weighted by molar-refractivity contribution is 8.00. The summed E-state index contributed by atoms with van der Waals surface area (Å²) in [7, 11) is 0. The fourth-order valence-corrected chi connectivity index (χ4v) is 4.91. The number of benzene rings is 2. The molecule has 2 aliphatic heterocycles. The first-order chi connectivity index (χ1) is 13.2. The molecule has 2 aliphatic rings. The second-order valence-electron chi connectivity index (χ2n) is 7.49. The van der Waals surface area contributed by atoms with Crippen LogP contribution >= 0.6 is 11.8 Å². The van der Waals surface area contributed by atoms with E-state index >= 15 is 0 Å². The topological polar surface area (TPSA) is 40.6 Å². The van der Waals surface area contributed by atoms with E-state index in [4.69, 9.17) is 0 Å². The predicted octanol–water partition coefficient (Wildman–Crippen LogP) is 3.79. The number of nitrogens with zero attached hydrogens (tertiary/aromatic N) is 2. The van der Waals surface area contributed by atoms with Gasteiger partial charge in [-0.1, -0.05) is 30.3 Å². The molecule has 2 amide bonds. The van der Waals surface area contributed by atoms with Gasteiger partial charge in [-0.15, -0.1) is 11.8 Å². The maximum atomic E-state index is 12.6. The average Bonchev–Trinajstić information content (AvgIpc) is 3.26. The van der Waals surface area contributed by atoms with E-state index in [2.05, 4.69) is 30.3 Å². The third-order valence-corrected chi connectivity index (χ3v) is 6.68. The van der Waals surface area contributed by atoms with E-state index in [1.54, 1.807) is 11.8 Å². The van der Waals surface area contributed by atoms with Crippen molar-refractivity contribution >= 4 is 34.3 Å². The Morgan fingerprint density at radius 2 is 1.59 bits per heavy atom. The maximum absolute atomic E-state index is 12.6. The van der Waals surface area contributed by atoms with E-state index in [0.717, 1.165) is 43.7 Å². The molecule has 0 saturated carbocycles. The molecular formula is C22H26N2O2S. The van der Waals surface area contributed by atoms with Gasteiger partial charge in [0.15, 0.2) is 0 Å². The van der Waals surface area contributed by atoms with Gasteiger partial charge in [0.05, 0.1) is 5.75 Å². The fourth-order valence-electron chi connectivity index (χ4n) is 4.07. The Labute approximate surface area is 164 Å². The number of thioether (sulfide) groups is 1. The molecule has 4 rings (SSSR count). The molecule has 0 aromatic heterocycles. The number of fused-ring (bicyclic) bond motifs is 1. The quantitative estimate of drug-likeness (QED) is 0.756. The van der Waals surface area contributed by atoms with E-state index in [0.29, 0.717) is 24.7 Å². The van der Waals surface area contributed by atoms with Gasteiger partial charge in [-0.3, -0.25) is 9.59 Å². The highest BCUT2D eigenvalue weighted by atomic mass is 32.2. The highest BCUT2D eigenvalue weighted by Crippen LogP contribution is 2.26. The van der Waals surface area contributed by atoms with Crippen molar-refractivity contribution in [3.8, 4) is 0 Å². The Morgan fingerprint density at radius 3 is 2.33 bits per heavy atom. The average molecular weight is 383 g/mol. The zero-order valence-corrected chi connectivity index (χ0v) is 16.4. The number of rotatable bonds is 4. The Hall–Kier alpha value is -2.01. The minimum absolute atomic E-state index is 0.111. The van der Waals surface area contributed by atoms with Gasteiger partial charge >= 0.3 is 0 Å². The third-order valence-electron chi connectivity index (χ3n) is 5.70. The molecule has 2 heterocycles. The van der Waals surface area contributed by atoms with Crippen LogP contribution in [0, 0.1) is 5.92 Å². The van der Waals surface area contributed by atoms with Crippen LogP contribution in [0.15, 0.2) is 47.4 Å². The number of likely N-dealkylation sites (tertiary alicyclic amines) is 2. The summed E-state index contributed by atoms with van der Waals surface area (Å²) in [6, 6.07) is 14.6. The number of hydrogen-bond acceptors (Lipinski definition) is 3. The number of hydrogen-bond donors (Lipinski definition) is 0. The Balaban J connectivity index is 1.27. The van der Waals surface area contributed by atoms with E-state index in [1.807, 2.05) is 21.9 Å². The lowest BCUT2D eigenvalue weighted by atomic mass is 9.95. The van der Waals surface area contributed by atoms with Crippen LogP contribution in [0.1, 0.15) is 25.7 Å². The Kier molecular flexibility index (Phi) is 5.67. The number of carbonyl (C=O) groups is 2. The van der Waals surface area contributed by atoms with Crippen molar-refractivity contribution in [2.45, 2.75) is 30.6 Å². The van der Waals surface area contributed by atoms with Crippen LogP contribution in [-0.4, -0.2) is 53.5 Å². The zero-order valence-electron chi connectivity index (χ0n) is 15.6. The third kappa shape index (κ3) is 4.29. The molecule has 0 radical (unpaired) electrons. The molecule has 27 heavy (non-hydrogen) atoms. The van der Waals surface area contributed by atoms with Crippen molar-refractivity contribution in [1.82, 2.24) is 9.80 Å². The molecule has 2 fully saturated rings. The molecule has 2 aromatic carbocycles. The van der Waals surface area contributed by atoms with Gasteiger partial charge in [0.1, 0.15) is 0 Å². The normalized spacial score (nSPS) is 18.2.